The lowest BCUT2D eigenvalue weighted by Gasteiger charge is -2.16. The Hall–Kier alpha value is 1.04. The molecule has 0 saturated carbocycles. The van der Waals surface area contributed by atoms with Crippen LogP contribution < -0.4 is 14.2 Å². The zero-order valence-corrected chi connectivity index (χ0v) is 40.3. The average Bonchev–Trinajstić information content (AvgIpc) is 2.93. The van der Waals surface area contributed by atoms with Gasteiger partial charge in [0.1, 0.15) is 27.4 Å². The number of rotatable bonds is 7. The predicted octanol–water partition coefficient (Wildman–Crippen LogP) is 9.39. The SMILES string of the molecule is Cc1c(OC(=O)c2cc(I)cc(I)c2I)cc(C(=O)Oc2cc(I)c(S(=O)(=O)[O-])c(I)c2)cc1OC(=O)c1cc(I)cc(I)c1I. The molecule has 46 heavy (non-hydrogen) atoms. The lowest BCUT2D eigenvalue weighted by Crippen LogP contribution is -2.17. The molecule has 0 aromatic heterocycles. The first-order chi connectivity index (χ1) is 21.4. The molecule has 4 aromatic rings. The van der Waals surface area contributed by atoms with Gasteiger partial charge in [0.05, 0.1) is 21.6 Å². The number of halogens is 8. The maximum atomic E-state index is 13.4. The summed E-state index contributed by atoms with van der Waals surface area (Å²) in [6.07, 6.45) is 0. The van der Waals surface area contributed by atoms with Gasteiger partial charge in [-0.3, -0.25) is 0 Å². The third-order valence-corrected chi connectivity index (χ3v) is 16.5. The molecule has 0 heterocycles. The molecule has 0 saturated heterocycles. The van der Waals surface area contributed by atoms with E-state index in [-0.39, 0.29) is 35.5 Å². The molecule has 9 nitrogen and oxygen atoms in total. The molecule has 18 heteroatoms. The van der Waals surface area contributed by atoms with Crippen molar-refractivity contribution in [2.75, 3.05) is 0 Å². The van der Waals surface area contributed by atoms with Gasteiger partial charge in [0.15, 0.2) is 0 Å². The number of hydrogen-bond donors (Lipinski definition) is 0. The molecule has 240 valence electrons. The zero-order chi connectivity index (χ0) is 34.2. The van der Waals surface area contributed by atoms with Gasteiger partial charge in [0.25, 0.3) is 0 Å². The summed E-state index contributed by atoms with van der Waals surface area (Å²) < 4.78 is 57.0. The van der Waals surface area contributed by atoms with Gasteiger partial charge >= 0.3 is 17.9 Å². The molecular formula is C28H11I8O9S-. The van der Waals surface area contributed by atoms with Crippen molar-refractivity contribution in [3.63, 3.8) is 0 Å². The van der Waals surface area contributed by atoms with Crippen LogP contribution in [0.4, 0.5) is 0 Å². The number of hydrogen-bond acceptors (Lipinski definition) is 9. The Kier molecular flexibility index (Phi) is 14.4. The van der Waals surface area contributed by atoms with Gasteiger partial charge in [-0.25, -0.2) is 22.8 Å². The third kappa shape index (κ3) is 9.67. The van der Waals surface area contributed by atoms with Gasteiger partial charge in [-0.1, -0.05) is 0 Å². The third-order valence-electron chi connectivity index (χ3n) is 5.81. The van der Waals surface area contributed by atoms with Crippen molar-refractivity contribution in [2.45, 2.75) is 11.8 Å². The first-order valence-electron chi connectivity index (χ1n) is 11.9. The highest BCUT2D eigenvalue weighted by Gasteiger charge is 2.24. The molecule has 0 unspecified atom stereocenters. The van der Waals surface area contributed by atoms with Crippen molar-refractivity contribution in [2.24, 2.45) is 0 Å². The summed E-state index contributed by atoms with van der Waals surface area (Å²) in [5.74, 6) is -2.42. The fraction of sp³-hybridized carbons (Fsp3) is 0.0357. The summed E-state index contributed by atoms with van der Waals surface area (Å²) in [6, 6.07) is 12.2. The van der Waals surface area contributed by atoms with E-state index >= 15 is 0 Å². The number of ether oxygens (including phenoxy) is 3. The van der Waals surface area contributed by atoms with E-state index < -0.39 is 32.9 Å². The highest BCUT2D eigenvalue weighted by atomic mass is 127. The minimum absolute atomic E-state index is 0.0326. The van der Waals surface area contributed by atoms with Gasteiger partial charge in [0, 0.05) is 34.1 Å². The van der Waals surface area contributed by atoms with Crippen molar-refractivity contribution >= 4 is 209 Å². The van der Waals surface area contributed by atoms with Crippen molar-refractivity contribution in [1.82, 2.24) is 0 Å². The van der Waals surface area contributed by atoms with Gasteiger partial charge in [-0.15, -0.1) is 0 Å². The number of carbonyl (C=O) groups excluding carboxylic acids is 3. The number of benzene rings is 4. The number of carbonyl (C=O) groups is 3. The van der Waals surface area contributed by atoms with E-state index in [2.05, 4.69) is 136 Å². The zero-order valence-electron chi connectivity index (χ0n) is 22.2. The Morgan fingerprint density at radius 2 is 1.00 bits per heavy atom. The van der Waals surface area contributed by atoms with E-state index in [4.69, 9.17) is 14.2 Å². The Morgan fingerprint density at radius 1 is 0.587 bits per heavy atom. The highest BCUT2D eigenvalue weighted by Crippen LogP contribution is 2.35. The molecule has 0 fully saturated rings. The molecule has 0 aliphatic rings. The summed E-state index contributed by atoms with van der Waals surface area (Å²) in [5, 5.41) is 0. The quantitative estimate of drug-likeness (QED) is 0.0583. The molecule has 0 bridgehead atoms. The second-order valence-electron chi connectivity index (χ2n) is 8.93. The first kappa shape index (κ1) is 39.8. The molecular weight excluding hydrogens is 1530 g/mol. The fourth-order valence-electron chi connectivity index (χ4n) is 3.71. The molecule has 4 rings (SSSR count). The van der Waals surface area contributed by atoms with Gasteiger partial charge in [0.2, 0.25) is 0 Å². The summed E-state index contributed by atoms with van der Waals surface area (Å²) in [6.45, 7) is 1.58. The summed E-state index contributed by atoms with van der Waals surface area (Å²) in [5.41, 5.74) is 0.769. The fourth-order valence-corrected chi connectivity index (χ4v) is 12.4. The van der Waals surface area contributed by atoms with E-state index in [0.717, 1.165) is 14.3 Å². The standard InChI is InChI=1S/C28H12I8O9S/c1-10-21(44-27(38)15-4-12(29)6-17(31)23(15)35)2-11(3-22(10)45-28(39)16-5-13(30)7-18(32)24(16)36)26(37)43-14-8-19(33)25(20(34)9-14)46(40,41)42/h2-9H,1H3,(H,40,41,42)/p-1. The molecule has 4 aromatic carbocycles. The molecule has 0 atom stereocenters. The van der Waals surface area contributed by atoms with Crippen LogP contribution in [0, 0.1) is 35.5 Å². The summed E-state index contributed by atoms with van der Waals surface area (Å²) >= 11 is 15.9. The second-order valence-corrected chi connectivity index (χ2v) is 19.5. The maximum Gasteiger partial charge on any atom is 0.344 e. The summed E-state index contributed by atoms with van der Waals surface area (Å²) in [4.78, 5) is 39.8. The average molecular weight is 1540 g/mol. The summed E-state index contributed by atoms with van der Waals surface area (Å²) in [7, 11) is -4.77. The van der Waals surface area contributed by atoms with Crippen LogP contribution in [0.2, 0.25) is 0 Å². The van der Waals surface area contributed by atoms with Crippen LogP contribution in [-0.4, -0.2) is 30.9 Å². The van der Waals surface area contributed by atoms with Crippen LogP contribution in [0.25, 0.3) is 0 Å². The van der Waals surface area contributed by atoms with Crippen molar-refractivity contribution in [3.05, 3.63) is 99.3 Å². The number of esters is 3. The van der Waals surface area contributed by atoms with Crippen molar-refractivity contribution in [1.29, 1.82) is 0 Å². The minimum atomic E-state index is -4.77. The lowest BCUT2D eigenvalue weighted by molar-refractivity contribution is 0.0702. The van der Waals surface area contributed by atoms with E-state index in [1.807, 2.05) is 12.1 Å². The largest absolute Gasteiger partial charge is 0.744 e. The highest BCUT2D eigenvalue weighted by molar-refractivity contribution is 14.1. The molecule has 0 aliphatic carbocycles. The van der Waals surface area contributed by atoms with E-state index in [1.165, 1.54) is 24.3 Å². The maximum absolute atomic E-state index is 13.4. The topological polar surface area (TPSA) is 136 Å². The Labute approximate surface area is 372 Å². The molecule has 0 aliphatic heterocycles. The van der Waals surface area contributed by atoms with E-state index in [1.54, 1.807) is 64.2 Å². The first-order valence-corrected chi connectivity index (χ1v) is 22.0. The van der Waals surface area contributed by atoms with Gasteiger partial charge in [-0.05, 0) is 236 Å². The van der Waals surface area contributed by atoms with Gasteiger partial charge in [-0.2, -0.15) is 0 Å². The Morgan fingerprint density at radius 3 is 1.39 bits per heavy atom. The Balaban J connectivity index is 1.78. The molecule has 0 amide bonds. The van der Waals surface area contributed by atoms with Crippen molar-refractivity contribution < 1.29 is 41.6 Å². The van der Waals surface area contributed by atoms with Gasteiger partial charge < -0.3 is 18.8 Å². The van der Waals surface area contributed by atoms with Crippen molar-refractivity contribution in [3.8, 4) is 17.2 Å². The van der Waals surface area contributed by atoms with Crippen LogP contribution in [-0.2, 0) is 10.1 Å². The predicted molar refractivity (Wildman–Crippen MR) is 235 cm³/mol. The van der Waals surface area contributed by atoms with Crippen LogP contribution in [0.5, 0.6) is 17.2 Å². The van der Waals surface area contributed by atoms with Crippen LogP contribution in [0.3, 0.4) is 0 Å². The Bertz CT molecular complexity index is 1950. The molecule has 0 radical (unpaired) electrons. The van der Waals surface area contributed by atoms with Crippen LogP contribution >= 0.6 is 181 Å². The van der Waals surface area contributed by atoms with Crippen LogP contribution in [0.1, 0.15) is 36.6 Å². The minimum Gasteiger partial charge on any atom is -0.744 e. The van der Waals surface area contributed by atoms with E-state index in [0.29, 0.717) is 18.3 Å². The normalized spacial score (nSPS) is 11.3. The lowest BCUT2D eigenvalue weighted by atomic mass is 10.1. The smallest absolute Gasteiger partial charge is 0.344 e. The molecule has 0 N–H and O–H groups in total. The second kappa shape index (κ2) is 16.6. The van der Waals surface area contributed by atoms with Crippen LogP contribution in [0.15, 0.2) is 53.4 Å². The van der Waals surface area contributed by atoms with E-state index in [9.17, 15) is 27.4 Å². The molecule has 0 spiro atoms. The monoisotopic (exact) mass is 1540 g/mol.